The average molecular weight is 337 g/mol. The van der Waals surface area contributed by atoms with Gasteiger partial charge >= 0.3 is 0 Å². The van der Waals surface area contributed by atoms with Crippen LogP contribution in [0.3, 0.4) is 0 Å². The van der Waals surface area contributed by atoms with Gasteiger partial charge in [-0.1, -0.05) is 11.2 Å². The summed E-state index contributed by atoms with van der Waals surface area (Å²) in [5.74, 6) is -0.00693. The molecule has 2 aromatic rings. The van der Waals surface area contributed by atoms with E-state index in [4.69, 9.17) is 10.6 Å². The molecular weight excluding hydrogens is 318 g/mol. The molecule has 0 atom stereocenters. The van der Waals surface area contributed by atoms with Crippen LogP contribution in [0.5, 0.6) is 0 Å². The van der Waals surface area contributed by atoms with Crippen molar-refractivity contribution in [3.63, 3.8) is 0 Å². The predicted octanol–water partition coefficient (Wildman–Crippen LogP) is 0.982. The molecule has 0 aliphatic heterocycles. The van der Waals surface area contributed by atoms with E-state index in [0.717, 1.165) is 5.56 Å². The first kappa shape index (κ1) is 16.9. The van der Waals surface area contributed by atoms with Gasteiger partial charge in [-0.3, -0.25) is 5.10 Å². The Kier molecular flexibility index (Phi) is 4.99. The number of aromatic amines is 1. The quantitative estimate of drug-likeness (QED) is 0.460. The monoisotopic (exact) mass is 337 g/mol. The summed E-state index contributed by atoms with van der Waals surface area (Å²) in [4.78, 5) is 9.36. The van der Waals surface area contributed by atoms with E-state index in [1.54, 1.807) is 25.3 Å². The minimum Gasteiger partial charge on any atom is -0.394 e. The van der Waals surface area contributed by atoms with Gasteiger partial charge in [0.1, 0.15) is 12.3 Å². The van der Waals surface area contributed by atoms with Crippen LogP contribution in [0.4, 0.5) is 0 Å². The highest BCUT2D eigenvalue weighted by Gasteiger charge is 2.17. The summed E-state index contributed by atoms with van der Waals surface area (Å²) in [7, 11) is -3.21. The van der Waals surface area contributed by atoms with Gasteiger partial charge in [-0.25, -0.2) is 13.4 Å². The molecule has 0 radical (unpaired) electrons. The molecule has 0 bridgehead atoms. The van der Waals surface area contributed by atoms with Crippen LogP contribution in [0.2, 0.25) is 0 Å². The van der Waals surface area contributed by atoms with Crippen molar-refractivity contribution in [1.82, 2.24) is 15.2 Å². The number of hydrogen-bond donors (Lipinski definition) is 2. The lowest BCUT2D eigenvalue weighted by Gasteiger charge is -2.10. The van der Waals surface area contributed by atoms with Crippen molar-refractivity contribution >= 4 is 15.7 Å². The average Bonchev–Trinajstić information content (AvgIpc) is 2.89. The highest BCUT2D eigenvalue weighted by molar-refractivity contribution is 7.89. The van der Waals surface area contributed by atoms with Crippen LogP contribution < -0.4 is 5.73 Å². The maximum absolute atomic E-state index is 11.6. The van der Waals surface area contributed by atoms with Crippen LogP contribution in [-0.2, 0) is 20.4 Å². The lowest BCUT2D eigenvalue weighted by atomic mass is 10.1. The van der Waals surface area contributed by atoms with Gasteiger partial charge in [0, 0.05) is 6.26 Å². The molecule has 2 heterocycles. The van der Waals surface area contributed by atoms with Crippen LogP contribution in [0.25, 0.3) is 11.4 Å². The second-order valence-corrected chi connectivity index (χ2v) is 7.24. The van der Waals surface area contributed by atoms with Crippen LogP contribution in [-0.4, -0.2) is 42.3 Å². The maximum Gasteiger partial charge on any atom is 0.188 e. The van der Waals surface area contributed by atoms with Crippen molar-refractivity contribution in [2.24, 2.45) is 10.9 Å². The molecule has 0 amide bonds. The van der Waals surface area contributed by atoms with Gasteiger partial charge < -0.3 is 10.6 Å². The third kappa shape index (κ3) is 4.28. The van der Waals surface area contributed by atoms with Gasteiger partial charge in [-0.15, -0.1) is 0 Å². The third-order valence-corrected chi connectivity index (χ3v) is 3.85. The molecule has 8 nitrogen and oxygen atoms in total. The number of nitrogens with two attached hydrogens (primary N) is 1. The van der Waals surface area contributed by atoms with Crippen molar-refractivity contribution in [2.75, 3.05) is 12.9 Å². The van der Waals surface area contributed by atoms with Gasteiger partial charge in [0.2, 0.25) is 0 Å². The van der Waals surface area contributed by atoms with Gasteiger partial charge in [0.25, 0.3) is 0 Å². The first-order valence-corrected chi connectivity index (χ1v) is 9.01. The van der Waals surface area contributed by atoms with Crippen molar-refractivity contribution in [2.45, 2.75) is 19.6 Å². The third-order valence-electron chi connectivity index (χ3n) is 3.02. The van der Waals surface area contributed by atoms with Crippen LogP contribution in [0, 0.1) is 6.92 Å². The van der Waals surface area contributed by atoms with Gasteiger partial charge in [0.15, 0.2) is 15.7 Å². The molecule has 0 aromatic carbocycles. The first-order chi connectivity index (χ1) is 10.8. The number of amidine groups is 1. The molecule has 0 aliphatic rings. The summed E-state index contributed by atoms with van der Waals surface area (Å²) in [5.41, 5.74) is 8.79. The fraction of sp³-hybridized carbons (Fsp3) is 0.357. The van der Waals surface area contributed by atoms with Crippen molar-refractivity contribution in [3.8, 4) is 11.4 Å². The van der Waals surface area contributed by atoms with Crippen LogP contribution in [0.15, 0.2) is 23.5 Å². The number of sulfone groups is 1. The molecule has 2 aromatic heterocycles. The fourth-order valence-corrected chi connectivity index (χ4v) is 2.81. The molecule has 0 unspecified atom stereocenters. The van der Waals surface area contributed by atoms with E-state index in [1.807, 2.05) is 6.92 Å². The van der Waals surface area contributed by atoms with Gasteiger partial charge in [-0.2, -0.15) is 5.10 Å². The Balaban J connectivity index is 2.55. The number of H-pyrrole nitrogens is 1. The van der Waals surface area contributed by atoms with E-state index in [2.05, 4.69) is 20.3 Å². The smallest absolute Gasteiger partial charge is 0.188 e. The Morgan fingerprint density at radius 3 is 2.74 bits per heavy atom. The normalized spacial score (nSPS) is 12.4. The van der Waals surface area contributed by atoms with Crippen LogP contribution >= 0.6 is 0 Å². The zero-order valence-electron chi connectivity index (χ0n) is 13.2. The number of nitrogens with zero attached hydrogens (tertiary/aromatic N) is 3. The first-order valence-electron chi connectivity index (χ1n) is 6.95. The molecule has 0 spiro atoms. The van der Waals surface area contributed by atoms with E-state index in [1.165, 1.54) is 6.26 Å². The Morgan fingerprint density at radius 1 is 1.43 bits per heavy atom. The van der Waals surface area contributed by atoms with E-state index >= 15 is 0 Å². The standard InChI is InChI=1S/C14H19N5O3S/c1-4-22-19-14(15)11-6-5-10(8-23(3,20)21)13(17-11)12-9(2)7-16-18-12/h5-7H,4,8H2,1-3H3,(H2,15,19)(H,16,18). The maximum atomic E-state index is 11.6. The molecule has 0 aliphatic carbocycles. The number of nitrogens with one attached hydrogen (secondary N) is 1. The molecule has 0 fully saturated rings. The lowest BCUT2D eigenvalue weighted by molar-refractivity contribution is 0.158. The largest absolute Gasteiger partial charge is 0.394 e. The summed E-state index contributed by atoms with van der Waals surface area (Å²) in [6.45, 7) is 4.03. The van der Waals surface area contributed by atoms with Crippen LogP contribution in [0.1, 0.15) is 23.7 Å². The SMILES string of the molecule is CCO/N=C(\N)c1ccc(CS(C)(=O)=O)c(-c2[nH]ncc2C)n1. The molecule has 124 valence electrons. The van der Waals surface area contributed by atoms with E-state index in [-0.39, 0.29) is 11.6 Å². The Labute approximate surface area is 134 Å². The van der Waals surface area contributed by atoms with E-state index < -0.39 is 9.84 Å². The highest BCUT2D eigenvalue weighted by atomic mass is 32.2. The molecular formula is C14H19N5O3S. The summed E-state index contributed by atoms with van der Waals surface area (Å²) < 4.78 is 23.3. The van der Waals surface area contributed by atoms with E-state index in [0.29, 0.717) is 29.3 Å². The minimum absolute atomic E-state index is 0.121. The topological polar surface area (TPSA) is 123 Å². The number of oxime groups is 1. The van der Waals surface area contributed by atoms with Crippen molar-refractivity contribution in [1.29, 1.82) is 0 Å². The summed E-state index contributed by atoms with van der Waals surface area (Å²) >= 11 is 0. The van der Waals surface area contributed by atoms with Gasteiger partial charge in [-0.05, 0) is 31.0 Å². The molecule has 0 saturated heterocycles. The van der Waals surface area contributed by atoms with Crippen molar-refractivity contribution in [3.05, 3.63) is 35.2 Å². The number of rotatable bonds is 6. The summed E-state index contributed by atoms with van der Waals surface area (Å²) in [6.07, 6.45) is 2.82. The zero-order valence-corrected chi connectivity index (χ0v) is 14.0. The molecule has 9 heteroatoms. The number of aromatic nitrogens is 3. The summed E-state index contributed by atoms with van der Waals surface area (Å²) in [6, 6.07) is 3.29. The van der Waals surface area contributed by atoms with Gasteiger partial charge in [0.05, 0.1) is 23.3 Å². The molecule has 23 heavy (non-hydrogen) atoms. The Bertz CT molecular complexity index is 827. The predicted molar refractivity (Wildman–Crippen MR) is 87.5 cm³/mol. The minimum atomic E-state index is -3.21. The van der Waals surface area contributed by atoms with Crippen molar-refractivity contribution < 1.29 is 13.3 Å². The number of hydrogen-bond acceptors (Lipinski definition) is 6. The fourth-order valence-electron chi connectivity index (χ4n) is 2.01. The Hall–Kier alpha value is -2.42. The second-order valence-electron chi connectivity index (χ2n) is 5.10. The van der Waals surface area contributed by atoms with E-state index in [9.17, 15) is 8.42 Å². The number of pyridine rings is 1. The Morgan fingerprint density at radius 2 is 2.17 bits per heavy atom. The highest BCUT2D eigenvalue weighted by Crippen LogP contribution is 2.24. The lowest BCUT2D eigenvalue weighted by Crippen LogP contribution is -2.17. The number of aryl methyl sites for hydroxylation is 1. The summed E-state index contributed by atoms with van der Waals surface area (Å²) in [5, 5.41) is 10.5. The molecule has 0 saturated carbocycles. The zero-order chi connectivity index (χ0) is 17.0. The molecule has 3 N–H and O–H groups in total. The molecule has 2 rings (SSSR count). The second kappa shape index (κ2) is 6.78.